The lowest BCUT2D eigenvalue weighted by molar-refractivity contribution is -0.117. The normalized spacial score (nSPS) is 23.9. The van der Waals surface area contributed by atoms with E-state index in [1.807, 2.05) is 38.1 Å². The number of carbonyl (C=O) groups excluding carboxylic acids is 1. The number of anilines is 1. The van der Waals surface area contributed by atoms with Gasteiger partial charge in [0.05, 0.1) is 5.54 Å². The number of nitrogens with two attached hydrogens (primary N) is 1. The van der Waals surface area contributed by atoms with Crippen LogP contribution < -0.4 is 10.6 Å². The van der Waals surface area contributed by atoms with Crippen LogP contribution in [0.1, 0.15) is 20.3 Å². The molecule has 4 heteroatoms. The summed E-state index contributed by atoms with van der Waals surface area (Å²) in [5.41, 5.74) is 6.58. The van der Waals surface area contributed by atoms with E-state index in [4.69, 9.17) is 5.73 Å². The Kier molecular flexibility index (Phi) is 2.80. The van der Waals surface area contributed by atoms with Gasteiger partial charge in [-0.1, -0.05) is 15.9 Å². The topological polar surface area (TPSA) is 46.3 Å². The fourth-order valence-electron chi connectivity index (χ4n) is 2.08. The van der Waals surface area contributed by atoms with Crippen molar-refractivity contribution >= 4 is 27.5 Å². The Labute approximate surface area is 104 Å². The highest BCUT2D eigenvalue weighted by Crippen LogP contribution is 2.34. The van der Waals surface area contributed by atoms with Crippen LogP contribution >= 0.6 is 15.9 Å². The van der Waals surface area contributed by atoms with Gasteiger partial charge >= 0.3 is 0 Å². The van der Waals surface area contributed by atoms with E-state index < -0.39 is 0 Å². The summed E-state index contributed by atoms with van der Waals surface area (Å²) in [6.45, 7) is 4.01. The lowest BCUT2D eigenvalue weighted by Crippen LogP contribution is -2.49. The average Bonchev–Trinajstić information content (AvgIpc) is 2.39. The van der Waals surface area contributed by atoms with E-state index >= 15 is 0 Å². The van der Waals surface area contributed by atoms with Crippen molar-refractivity contribution < 1.29 is 4.79 Å². The predicted molar refractivity (Wildman–Crippen MR) is 68.3 cm³/mol. The number of amides is 1. The predicted octanol–water partition coefficient (Wildman–Crippen LogP) is 2.29. The first-order valence-electron chi connectivity index (χ1n) is 5.27. The molecule has 0 saturated carbocycles. The molecule has 1 fully saturated rings. The molecule has 1 atom stereocenters. The van der Waals surface area contributed by atoms with Crippen LogP contribution in [0.2, 0.25) is 0 Å². The number of hydrogen-bond donors (Lipinski definition) is 1. The van der Waals surface area contributed by atoms with Gasteiger partial charge in [-0.25, -0.2) is 0 Å². The first-order valence-corrected chi connectivity index (χ1v) is 6.06. The molecule has 3 nitrogen and oxygen atoms in total. The van der Waals surface area contributed by atoms with Crippen molar-refractivity contribution in [3.05, 3.63) is 28.7 Å². The molecule has 1 saturated heterocycles. The van der Waals surface area contributed by atoms with Crippen LogP contribution in [0.25, 0.3) is 0 Å². The average molecular weight is 283 g/mol. The molecule has 2 N–H and O–H groups in total. The number of halogens is 1. The molecule has 1 heterocycles. The Balaban J connectivity index is 2.40. The van der Waals surface area contributed by atoms with Gasteiger partial charge in [0.15, 0.2) is 0 Å². The zero-order valence-corrected chi connectivity index (χ0v) is 11.0. The quantitative estimate of drug-likeness (QED) is 0.859. The Morgan fingerprint density at radius 3 is 2.38 bits per heavy atom. The van der Waals surface area contributed by atoms with Gasteiger partial charge in [-0.15, -0.1) is 0 Å². The molecule has 1 unspecified atom stereocenters. The van der Waals surface area contributed by atoms with Crippen LogP contribution in [0.3, 0.4) is 0 Å². The molecule has 1 aromatic rings. The second kappa shape index (κ2) is 3.86. The van der Waals surface area contributed by atoms with Crippen molar-refractivity contribution in [3.63, 3.8) is 0 Å². The molecule has 0 aromatic heterocycles. The van der Waals surface area contributed by atoms with E-state index in [9.17, 15) is 4.79 Å². The Bertz CT molecular complexity index is 414. The van der Waals surface area contributed by atoms with Crippen molar-refractivity contribution in [2.45, 2.75) is 31.8 Å². The standard InChI is InChI=1S/C12H15BrN2O/c1-12(2)10(14)7-11(16)15(12)9-5-3-8(13)4-6-9/h3-6,10H,7,14H2,1-2H3. The molecule has 1 amide bonds. The molecule has 1 aliphatic heterocycles. The van der Waals surface area contributed by atoms with Crippen LogP contribution in [0, 0.1) is 0 Å². The highest BCUT2D eigenvalue weighted by atomic mass is 79.9. The van der Waals surface area contributed by atoms with E-state index in [0.29, 0.717) is 6.42 Å². The monoisotopic (exact) mass is 282 g/mol. The van der Waals surface area contributed by atoms with E-state index in [1.54, 1.807) is 4.90 Å². The molecule has 16 heavy (non-hydrogen) atoms. The Morgan fingerprint density at radius 1 is 1.38 bits per heavy atom. The minimum Gasteiger partial charge on any atom is -0.325 e. The highest BCUT2D eigenvalue weighted by molar-refractivity contribution is 9.10. The first kappa shape index (κ1) is 11.6. The maximum absolute atomic E-state index is 11.9. The molecule has 1 aromatic carbocycles. The molecular formula is C12H15BrN2O. The molecule has 0 spiro atoms. The van der Waals surface area contributed by atoms with E-state index in [0.717, 1.165) is 10.2 Å². The van der Waals surface area contributed by atoms with Gasteiger partial charge in [0.25, 0.3) is 0 Å². The second-order valence-electron chi connectivity index (χ2n) is 4.67. The van der Waals surface area contributed by atoms with Crippen molar-refractivity contribution in [2.75, 3.05) is 4.90 Å². The first-order chi connectivity index (χ1) is 7.43. The number of rotatable bonds is 1. The summed E-state index contributed by atoms with van der Waals surface area (Å²) < 4.78 is 1.00. The third kappa shape index (κ3) is 1.76. The number of benzene rings is 1. The summed E-state index contributed by atoms with van der Waals surface area (Å²) in [4.78, 5) is 13.7. The molecule has 0 aliphatic carbocycles. The van der Waals surface area contributed by atoms with Gasteiger partial charge in [0.1, 0.15) is 0 Å². The van der Waals surface area contributed by atoms with Crippen LogP contribution in [0.5, 0.6) is 0 Å². The van der Waals surface area contributed by atoms with Gasteiger partial charge in [0.2, 0.25) is 5.91 Å². The maximum atomic E-state index is 11.9. The summed E-state index contributed by atoms with van der Waals surface area (Å²) >= 11 is 3.38. The molecule has 0 bridgehead atoms. The summed E-state index contributed by atoms with van der Waals surface area (Å²) in [5, 5.41) is 0. The summed E-state index contributed by atoms with van der Waals surface area (Å²) in [7, 11) is 0. The van der Waals surface area contributed by atoms with Crippen molar-refractivity contribution in [3.8, 4) is 0 Å². The lowest BCUT2D eigenvalue weighted by Gasteiger charge is -2.34. The molecule has 1 aliphatic rings. The Morgan fingerprint density at radius 2 is 1.94 bits per heavy atom. The van der Waals surface area contributed by atoms with Gasteiger partial charge in [0, 0.05) is 22.6 Å². The van der Waals surface area contributed by atoms with Gasteiger partial charge in [-0.2, -0.15) is 0 Å². The minimum atomic E-state index is -0.315. The zero-order valence-electron chi connectivity index (χ0n) is 9.40. The van der Waals surface area contributed by atoms with Crippen LogP contribution in [-0.2, 0) is 4.79 Å². The number of nitrogens with zero attached hydrogens (tertiary/aromatic N) is 1. The van der Waals surface area contributed by atoms with Gasteiger partial charge in [-0.05, 0) is 38.1 Å². The van der Waals surface area contributed by atoms with Gasteiger partial charge in [-0.3, -0.25) is 4.79 Å². The fourth-order valence-corrected chi connectivity index (χ4v) is 2.35. The second-order valence-corrected chi connectivity index (χ2v) is 5.59. The smallest absolute Gasteiger partial charge is 0.229 e. The largest absolute Gasteiger partial charge is 0.325 e. The summed E-state index contributed by atoms with van der Waals surface area (Å²) in [6, 6.07) is 7.62. The third-order valence-corrected chi connectivity index (χ3v) is 3.74. The van der Waals surface area contributed by atoms with Crippen molar-refractivity contribution in [1.82, 2.24) is 0 Å². The summed E-state index contributed by atoms with van der Waals surface area (Å²) in [5.74, 6) is 0.0971. The van der Waals surface area contributed by atoms with Crippen LogP contribution in [0.4, 0.5) is 5.69 Å². The maximum Gasteiger partial charge on any atom is 0.229 e. The van der Waals surface area contributed by atoms with Crippen LogP contribution in [0.15, 0.2) is 28.7 Å². The van der Waals surface area contributed by atoms with E-state index in [-0.39, 0.29) is 17.5 Å². The SMILES string of the molecule is CC1(C)C(N)CC(=O)N1c1ccc(Br)cc1. The molecule has 2 rings (SSSR count). The highest BCUT2D eigenvalue weighted by Gasteiger charge is 2.44. The van der Waals surface area contributed by atoms with E-state index in [1.165, 1.54) is 0 Å². The third-order valence-electron chi connectivity index (χ3n) is 3.21. The number of carbonyl (C=O) groups is 1. The van der Waals surface area contributed by atoms with Crippen molar-refractivity contribution in [1.29, 1.82) is 0 Å². The van der Waals surface area contributed by atoms with E-state index in [2.05, 4.69) is 15.9 Å². The molecular weight excluding hydrogens is 268 g/mol. The lowest BCUT2D eigenvalue weighted by atomic mass is 9.96. The van der Waals surface area contributed by atoms with Crippen LogP contribution in [-0.4, -0.2) is 17.5 Å². The van der Waals surface area contributed by atoms with Gasteiger partial charge < -0.3 is 10.6 Å². The fraction of sp³-hybridized carbons (Fsp3) is 0.417. The number of hydrogen-bond acceptors (Lipinski definition) is 2. The zero-order chi connectivity index (χ0) is 11.9. The summed E-state index contributed by atoms with van der Waals surface area (Å²) in [6.07, 6.45) is 0.420. The molecule has 86 valence electrons. The Hall–Kier alpha value is -0.870. The molecule has 0 radical (unpaired) electrons. The van der Waals surface area contributed by atoms with Crippen molar-refractivity contribution in [2.24, 2.45) is 5.73 Å². The minimum absolute atomic E-state index is 0.0971.